The van der Waals surface area contributed by atoms with Crippen molar-refractivity contribution in [1.82, 2.24) is 14.1 Å². The number of anilines is 1. The van der Waals surface area contributed by atoms with E-state index in [4.69, 9.17) is 0 Å². The summed E-state index contributed by atoms with van der Waals surface area (Å²) < 4.78 is 26.6. The molecular formula is C22H36N4O3S. The molecule has 168 valence electrons. The van der Waals surface area contributed by atoms with Crippen LogP contribution in [0.1, 0.15) is 43.2 Å². The smallest absolute Gasteiger partial charge is 0.321 e. The number of nitrogens with zero attached hydrogens (tertiary/aromatic N) is 3. The molecule has 1 atom stereocenters. The standard InChI is InChI=1S/C22H36N4O3S/c1-18-9-10-21(19(2)16-18)23-22(27)25-14-6-8-20(17-25)26(30(3,28)29)15-7-13-24-11-4-5-12-24/h9-10,16,20H,4-8,11-15,17H2,1-3H3,(H,23,27)/t20-/m0/s1. The first-order valence-corrected chi connectivity index (χ1v) is 12.9. The van der Waals surface area contributed by atoms with Crippen molar-refractivity contribution in [2.45, 2.75) is 52.0 Å². The van der Waals surface area contributed by atoms with Crippen molar-refractivity contribution >= 4 is 21.7 Å². The summed E-state index contributed by atoms with van der Waals surface area (Å²) in [6.07, 6.45) is 6.20. The Morgan fingerprint density at radius 2 is 1.90 bits per heavy atom. The zero-order chi connectivity index (χ0) is 21.7. The van der Waals surface area contributed by atoms with E-state index in [0.29, 0.717) is 19.6 Å². The van der Waals surface area contributed by atoms with E-state index in [1.54, 1.807) is 9.21 Å². The van der Waals surface area contributed by atoms with Gasteiger partial charge in [-0.15, -0.1) is 0 Å². The second-order valence-corrected chi connectivity index (χ2v) is 10.7. The molecule has 0 spiro atoms. The third kappa shape index (κ3) is 6.18. The van der Waals surface area contributed by atoms with Crippen LogP contribution < -0.4 is 5.32 Å². The molecule has 0 saturated carbocycles. The van der Waals surface area contributed by atoms with Crippen LogP contribution >= 0.6 is 0 Å². The van der Waals surface area contributed by atoms with Crippen molar-refractivity contribution in [3.8, 4) is 0 Å². The van der Waals surface area contributed by atoms with Gasteiger partial charge < -0.3 is 15.1 Å². The van der Waals surface area contributed by atoms with Gasteiger partial charge in [0.2, 0.25) is 10.0 Å². The van der Waals surface area contributed by atoms with Crippen molar-refractivity contribution in [2.24, 2.45) is 0 Å². The molecule has 2 saturated heterocycles. The number of sulfonamides is 1. The maximum absolute atomic E-state index is 12.9. The molecule has 7 nitrogen and oxygen atoms in total. The minimum Gasteiger partial charge on any atom is -0.323 e. The van der Waals surface area contributed by atoms with Gasteiger partial charge >= 0.3 is 6.03 Å². The molecule has 1 aromatic rings. The van der Waals surface area contributed by atoms with Gasteiger partial charge in [0.05, 0.1) is 6.26 Å². The van der Waals surface area contributed by atoms with Gasteiger partial charge in [-0.25, -0.2) is 13.2 Å². The van der Waals surface area contributed by atoms with Gasteiger partial charge in [0.15, 0.2) is 0 Å². The number of carbonyl (C=O) groups excluding carboxylic acids is 1. The molecule has 8 heteroatoms. The van der Waals surface area contributed by atoms with Crippen LogP contribution in [-0.2, 0) is 10.0 Å². The van der Waals surface area contributed by atoms with Gasteiger partial charge in [-0.2, -0.15) is 4.31 Å². The van der Waals surface area contributed by atoms with Gasteiger partial charge in [-0.05, 0) is 77.2 Å². The summed E-state index contributed by atoms with van der Waals surface area (Å²) in [6, 6.07) is 5.63. The Balaban J connectivity index is 1.60. The van der Waals surface area contributed by atoms with Crippen LogP contribution in [0.4, 0.5) is 10.5 Å². The van der Waals surface area contributed by atoms with Gasteiger partial charge in [-0.1, -0.05) is 17.7 Å². The number of benzene rings is 1. The van der Waals surface area contributed by atoms with Crippen LogP contribution in [0.15, 0.2) is 18.2 Å². The number of piperidine rings is 1. The van der Waals surface area contributed by atoms with E-state index >= 15 is 0 Å². The van der Waals surface area contributed by atoms with E-state index in [9.17, 15) is 13.2 Å². The van der Waals surface area contributed by atoms with Crippen molar-refractivity contribution in [1.29, 1.82) is 0 Å². The minimum atomic E-state index is -3.32. The van der Waals surface area contributed by atoms with E-state index in [-0.39, 0.29) is 12.1 Å². The number of carbonyl (C=O) groups is 1. The molecule has 2 aliphatic heterocycles. The lowest BCUT2D eigenvalue weighted by molar-refractivity contribution is 0.157. The van der Waals surface area contributed by atoms with E-state index in [1.807, 2.05) is 32.0 Å². The van der Waals surface area contributed by atoms with Gasteiger partial charge in [0, 0.05) is 31.4 Å². The SMILES string of the molecule is Cc1ccc(NC(=O)N2CCC[C@H](N(CCCN3CCCC3)S(C)(=O)=O)C2)c(C)c1. The molecule has 0 aliphatic carbocycles. The molecular weight excluding hydrogens is 400 g/mol. The molecule has 2 heterocycles. The fourth-order valence-electron chi connectivity index (χ4n) is 4.60. The minimum absolute atomic E-state index is 0.155. The summed E-state index contributed by atoms with van der Waals surface area (Å²) in [5.74, 6) is 0. The lowest BCUT2D eigenvalue weighted by Crippen LogP contribution is -2.52. The topological polar surface area (TPSA) is 73.0 Å². The average Bonchev–Trinajstić information content (AvgIpc) is 3.20. The number of aryl methyl sites for hydroxylation is 2. The first-order valence-electron chi connectivity index (χ1n) is 11.1. The van der Waals surface area contributed by atoms with E-state index in [0.717, 1.165) is 55.7 Å². The molecule has 0 aromatic heterocycles. The van der Waals surface area contributed by atoms with Crippen LogP contribution in [0.25, 0.3) is 0 Å². The van der Waals surface area contributed by atoms with Crippen LogP contribution in [-0.4, -0.2) is 80.1 Å². The zero-order valence-corrected chi connectivity index (χ0v) is 19.4. The number of nitrogens with one attached hydrogen (secondary N) is 1. The second-order valence-electron chi connectivity index (χ2n) is 8.77. The molecule has 0 bridgehead atoms. The molecule has 1 N–H and O–H groups in total. The fraction of sp³-hybridized carbons (Fsp3) is 0.682. The molecule has 2 fully saturated rings. The number of amides is 2. The molecule has 1 aromatic carbocycles. The van der Waals surface area contributed by atoms with Crippen LogP contribution in [0.2, 0.25) is 0 Å². The summed E-state index contributed by atoms with van der Waals surface area (Å²) in [7, 11) is -3.32. The predicted molar refractivity (Wildman–Crippen MR) is 121 cm³/mol. The lowest BCUT2D eigenvalue weighted by atomic mass is 10.1. The fourth-order valence-corrected chi connectivity index (χ4v) is 5.77. The maximum atomic E-state index is 12.9. The van der Waals surface area contributed by atoms with Crippen molar-refractivity contribution < 1.29 is 13.2 Å². The van der Waals surface area contributed by atoms with Crippen LogP contribution in [0, 0.1) is 13.8 Å². The normalized spacial score (nSPS) is 20.7. The monoisotopic (exact) mass is 436 g/mol. The summed E-state index contributed by atoms with van der Waals surface area (Å²) in [4.78, 5) is 17.0. The Labute approximate surface area is 181 Å². The Morgan fingerprint density at radius 3 is 2.57 bits per heavy atom. The first-order chi connectivity index (χ1) is 14.2. The Morgan fingerprint density at radius 1 is 1.17 bits per heavy atom. The first kappa shape index (κ1) is 23.0. The zero-order valence-electron chi connectivity index (χ0n) is 18.6. The Kier molecular flexibility index (Phi) is 7.76. The summed E-state index contributed by atoms with van der Waals surface area (Å²) in [5, 5.41) is 3.00. The van der Waals surface area contributed by atoms with E-state index in [2.05, 4.69) is 10.2 Å². The van der Waals surface area contributed by atoms with Crippen molar-refractivity contribution in [2.75, 3.05) is 50.8 Å². The predicted octanol–water partition coefficient (Wildman–Crippen LogP) is 3.05. The van der Waals surface area contributed by atoms with Gasteiger partial charge in [0.1, 0.15) is 0 Å². The molecule has 30 heavy (non-hydrogen) atoms. The quantitative estimate of drug-likeness (QED) is 0.713. The summed E-state index contributed by atoms with van der Waals surface area (Å²) in [5.41, 5.74) is 2.98. The van der Waals surface area contributed by atoms with Gasteiger partial charge in [0.25, 0.3) is 0 Å². The Bertz CT molecular complexity index is 837. The van der Waals surface area contributed by atoms with Gasteiger partial charge in [-0.3, -0.25) is 0 Å². The number of hydrogen-bond acceptors (Lipinski definition) is 4. The highest BCUT2D eigenvalue weighted by molar-refractivity contribution is 7.88. The third-order valence-corrected chi connectivity index (χ3v) is 7.52. The van der Waals surface area contributed by atoms with Crippen LogP contribution in [0.5, 0.6) is 0 Å². The largest absolute Gasteiger partial charge is 0.323 e. The lowest BCUT2D eigenvalue weighted by Gasteiger charge is -2.38. The molecule has 2 aliphatic rings. The summed E-state index contributed by atoms with van der Waals surface area (Å²) >= 11 is 0. The highest BCUT2D eigenvalue weighted by Crippen LogP contribution is 2.22. The van der Waals surface area contributed by atoms with E-state index < -0.39 is 10.0 Å². The van der Waals surface area contributed by atoms with Crippen molar-refractivity contribution in [3.05, 3.63) is 29.3 Å². The number of urea groups is 1. The molecule has 0 radical (unpaired) electrons. The number of likely N-dealkylation sites (tertiary alicyclic amines) is 2. The molecule has 0 unspecified atom stereocenters. The highest BCUT2D eigenvalue weighted by Gasteiger charge is 2.32. The highest BCUT2D eigenvalue weighted by atomic mass is 32.2. The molecule has 3 rings (SSSR count). The van der Waals surface area contributed by atoms with E-state index in [1.165, 1.54) is 19.1 Å². The van der Waals surface area contributed by atoms with Crippen LogP contribution in [0.3, 0.4) is 0 Å². The average molecular weight is 437 g/mol. The number of rotatable bonds is 7. The second kappa shape index (κ2) is 10.1. The maximum Gasteiger partial charge on any atom is 0.321 e. The summed E-state index contributed by atoms with van der Waals surface area (Å²) in [6.45, 7) is 8.79. The van der Waals surface area contributed by atoms with Crippen molar-refractivity contribution in [3.63, 3.8) is 0 Å². The third-order valence-electron chi connectivity index (χ3n) is 6.19. The number of hydrogen-bond donors (Lipinski definition) is 1. The molecule has 2 amide bonds. The Hall–Kier alpha value is -1.64.